The second-order valence-corrected chi connectivity index (χ2v) is 4.49. The van der Waals surface area contributed by atoms with E-state index in [4.69, 9.17) is 9.15 Å². The average Bonchev–Trinajstić information content (AvgIpc) is 2.99. The first-order valence-electron chi connectivity index (χ1n) is 6.60. The molecular weight excluding hydrogens is 299 g/mol. The molecule has 2 rings (SSSR count). The molecule has 0 aliphatic rings. The van der Waals surface area contributed by atoms with Gasteiger partial charge in [-0.3, -0.25) is 4.79 Å². The van der Waals surface area contributed by atoms with Gasteiger partial charge >= 0.3 is 6.18 Å². The Kier molecular flexibility index (Phi) is 4.75. The Hall–Kier alpha value is -2.44. The van der Waals surface area contributed by atoms with Crippen molar-refractivity contribution in [2.24, 2.45) is 0 Å². The van der Waals surface area contributed by atoms with Crippen LogP contribution in [0, 0.1) is 0 Å². The van der Waals surface area contributed by atoms with Crippen LogP contribution in [0.25, 0.3) is 0 Å². The van der Waals surface area contributed by atoms with E-state index in [0.29, 0.717) is 13.0 Å². The molecule has 118 valence electrons. The molecule has 7 heteroatoms. The average molecular weight is 313 g/mol. The molecule has 0 saturated carbocycles. The summed E-state index contributed by atoms with van der Waals surface area (Å²) in [7, 11) is 0. The lowest BCUT2D eigenvalue weighted by molar-refractivity contribution is -0.137. The Labute approximate surface area is 124 Å². The second-order valence-electron chi connectivity index (χ2n) is 4.49. The molecule has 0 unspecified atom stereocenters. The van der Waals surface area contributed by atoms with Crippen molar-refractivity contribution < 1.29 is 27.1 Å². The molecule has 0 spiro atoms. The number of rotatable bonds is 5. The Morgan fingerprint density at radius 2 is 2.09 bits per heavy atom. The number of amides is 1. The van der Waals surface area contributed by atoms with Crippen molar-refractivity contribution in [1.82, 2.24) is 0 Å². The van der Waals surface area contributed by atoms with Crippen LogP contribution in [-0.2, 0) is 6.18 Å². The van der Waals surface area contributed by atoms with Crippen LogP contribution in [0.15, 0.2) is 41.0 Å². The summed E-state index contributed by atoms with van der Waals surface area (Å²) >= 11 is 0. The van der Waals surface area contributed by atoms with Gasteiger partial charge in [0.2, 0.25) is 0 Å². The smallest absolute Gasteiger partial charge is 0.416 e. The molecule has 0 saturated heterocycles. The van der Waals surface area contributed by atoms with Crippen LogP contribution in [0.2, 0.25) is 0 Å². The molecule has 0 atom stereocenters. The maximum absolute atomic E-state index is 12.8. The van der Waals surface area contributed by atoms with Gasteiger partial charge in [-0.2, -0.15) is 13.2 Å². The predicted molar refractivity (Wildman–Crippen MR) is 73.9 cm³/mol. The maximum Gasteiger partial charge on any atom is 0.416 e. The van der Waals surface area contributed by atoms with E-state index in [0.717, 1.165) is 12.1 Å². The van der Waals surface area contributed by atoms with Crippen molar-refractivity contribution in [2.75, 3.05) is 11.9 Å². The van der Waals surface area contributed by atoms with Crippen LogP contribution in [0.1, 0.15) is 29.5 Å². The monoisotopic (exact) mass is 313 g/mol. The third kappa shape index (κ3) is 3.81. The van der Waals surface area contributed by atoms with Gasteiger partial charge in [-0.15, -0.1) is 0 Å². The number of halogens is 3. The van der Waals surface area contributed by atoms with Gasteiger partial charge in [0.15, 0.2) is 5.76 Å². The Balaban J connectivity index is 2.30. The summed E-state index contributed by atoms with van der Waals surface area (Å²) in [5.41, 5.74) is -0.921. The van der Waals surface area contributed by atoms with E-state index in [1.807, 2.05) is 6.92 Å². The van der Waals surface area contributed by atoms with Gasteiger partial charge in [0.05, 0.1) is 24.1 Å². The zero-order chi connectivity index (χ0) is 16.2. The van der Waals surface area contributed by atoms with E-state index in [-0.39, 0.29) is 17.2 Å². The van der Waals surface area contributed by atoms with Gasteiger partial charge in [0, 0.05) is 0 Å². The third-order valence-electron chi connectivity index (χ3n) is 2.76. The fraction of sp³-hybridized carbons (Fsp3) is 0.267. The number of ether oxygens (including phenoxy) is 1. The van der Waals surface area contributed by atoms with Crippen LogP contribution in [0.4, 0.5) is 18.9 Å². The zero-order valence-electron chi connectivity index (χ0n) is 11.7. The molecule has 0 radical (unpaired) electrons. The second kappa shape index (κ2) is 6.55. The van der Waals surface area contributed by atoms with Crippen molar-refractivity contribution in [1.29, 1.82) is 0 Å². The number of furan rings is 1. The minimum absolute atomic E-state index is 0.00106. The summed E-state index contributed by atoms with van der Waals surface area (Å²) in [6.45, 7) is 2.19. The number of hydrogen-bond acceptors (Lipinski definition) is 3. The summed E-state index contributed by atoms with van der Waals surface area (Å²) in [6, 6.07) is 5.86. The standard InChI is InChI=1S/C15H14F3NO3/c1-2-7-21-12-6-5-10(15(16,17)18)9-11(12)19-14(20)13-4-3-8-22-13/h3-6,8-9H,2,7H2,1H3,(H,19,20). The predicted octanol–water partition coefficient (Wildman–Crippen LogP) is 4.34. The van der Waals surface area contributed by atoms with Crippen molar-refractivity contribution in [3.63, 3.8) is 0 Å². The molecule has 1 aromatic carbocycles. The quantitative estimate of drug-likeness (QED) is 0.893. The summed E-state index contributed by atoms with van der Waals surface area (Å²) in [6.07, 6.45) is -2.52. The molecular formula is C15H14F3NO3. The van der Waals surface area contributed by atoms with Gasteiger partial charge in [0.1, 0.15) is 5.75 Å². The van der Waals surface area contributed by atoms with Crippen molar-refractivity contribution in [3.8, 4) is 5.75 Å². The number of carbonyl (C=O) groups excluding carboxylic acids is 1. The number of hydrogen-bond donors (Lipinski definition) is 1. The van der Waals surface area contributed by atoms with E-state index in [1.165, 1.54) is 24.5 Å². The van der Waals surface area contributed by atoms with Crippen molar-refractivity contribution >= 4 is 11.6 Å². The summed E-state index contributed by atoms with van der Waals surface area (Å²) in [5, 5.41) is 2.38. The minimum Gasteiger partial charge on any atom is -0.491 e. The Morgan fingerprint density at radius 1 is 1.32 bits per heavy atom. The van der Waals surface area contributed by atoms with E-state index in [2.05, 4.69) is 5.32 Å². The van der Waals surface area contributed by atoms with Crippen LogP contribution in [0.3, 0.4) is 0 Å². The van der Waals surface area contributed by atoms with Gasteiger partial charge in [-0.25, -0.2) is 0 Å². The largest absolute Gasteiger partial charge is 0.491 e. The summed E-state index contributed by atoms with van der Waals surface area (Å²) in [5.74, 6) is -0.473. The Bertz CT molecular complexity index is 636. The number of carbonyl (C=O) groups is 1. The van der Waals surface area contributed by atoms with Gasteiger partial charge in [-0.05, 0) is 36.8 Å². The highest BCUT2D eigenvalue weighted by atomic mass is 19.4. The van der Waals surface area contributed by atoms with E-state index < -0.39 is 17.6 Å². The molecule has 0 aliphatic carbocycles. The van der Waals surface area contributed by atoms with E-state index >= 15 is 0 Å². The molecule has 2 aromatic rings. The Morgan fingerprint density at radius 3 is 2.68 bits per heavy atom. The lowest BCUT2D eigenvalue weighted by Gasteiger charge is -2.14. The van der Waals surface area contributed by atoms with Crippen molar-refractivity contribution in [3.05, 3.63) is 47.9 Å². The first-order valence-corrected chi connectivity index (χ1v) is 6.60. The molecule has 1 heterocycles. The molecule has 1 aromatic heterocycles. The lowest BCUT2D eigenvalue weighted by Crippen LogP contribution is -2.14. The van der Waals surface area contributed by atoms with Crippen LogP contribution in [0.5, 0.6) is 5.75 Å². The minimum atomic E-state index is -4.51. The first-order chi connectivity index (χ1) is 10.4. The highest BCUT2D eigenvalue weighted by Crippen LogP contribution is 2.35. The lowest BCUT2D eigenvalue weighted by atomic mass is 10.1. The SMILES string of the molecule is CCCOc1ccc(C(F)(F)F)cc1NC(=O)c1ccco1. The fourth-order valence-electron chi connectivity index (χ4n) is 1.73. The molecule has 4 nitrogen and oxygen atoms in total. The van der Waals surface area contributed by atoms with Gasteiger partial charge in [0.25, 0.3) is 5.91 Å². The highest BCUT2D eigenvalue weighted by Gasteiger charge is 2.31. The molecule has 0 aliphatic heterocycles. The number of benzene rings is 1. The molecule has 0 fully saturated rings. The van der Waals surface area contributed by atoms with Crippen molar-refractivity contribution in [2.45, 2.75) is 19.5 Å². The van der Waals surface area contributed by atoms with Gasteiger partial charge in [-0.1, -0.05) is 6.92 Å². The molecule has 1 N–H and O–H groups in total. The molecule has 22 heavy (non-hydrogen) atoms. The summed E-state index contributed by atoms with van der Waals surface area (Å²) in [4.78, 5) is 11.9. The molecule has 1 amide bonds. The van der Waals surface area contributed by atoms with E-state index in [1.54, 1.807) is 0 Å². The zero-order valence-corrected chi connectivity index (χ0v) is 11.7. The normalized spacial score (nSPS) is 11.3. The highest BCUT2D eigenvalue weighted by molar-refractivity contribution is 6.03. The van der Waals surface area contributed by atoms with E-state index in [9.17, 15) is 18.0 Å². The third-order valence-corrected chi connectivity index (χ3v) is 2.76. The molecule has 0 bridgehead atoms. The fourth-order valence-corrected chi connectivity index (χ4v) is 1.73. The number of alkyl halides is 3. The van der Waals surface area contributed by atoms with Gasteiger partial charge < -0.3 is 14.5 Å². The van der Waals surface area contributed by atoms with Crippen LogP contribution < -0.4 is 10.1 Å². The van der Waals surface area contributed by atoms with Crippen LogP contribution >= 0.6 is 0 Å². The topological polar surface area (TPSA) is 51.5 Å². The maximum atomic E-state index is 12.8. The van der Waals surface area contributed by atoms with Crippen LogP contribution in [-0.4, -0.2) is 12.5 Å². The first kappa shape index (κ1) is 15.9. The number of anilines is 1. The summed E-state index contributed by atoms with van der Waals surface area (Å²) < 4.78 is 48.6. The number of nitrogens with one attached hydrogen (secondary N) is 1.